The second-order valence-electron chi connectivity index (χ2n) is 5.62. The molecule has 2 rings (SSSR count). The van der Waals surface area contributed by atoms with E-state index in [4.69, 9.17) is 11.0 Å². The van der Waals surface area contributed by atoms with Crippen LogP contribution in [-0.4, -0.2) is 23.0 Å². The predicted molar refractivity (Wildman–Crippen MR) is 90.4 cm³/mol. The van der Waals surface area contributed by atoms with Gasteiger partial charge in [-0.2, -0.15) is 17.0 Å². The molecule has 118 valence electrons. The molecular weight excluding hydrogens is 294 g/mol. The van der Waals surface area contributed by atoms with Crippen LogP contribution in [-0.2, 0) is 4.79 Å². The van der Waals surface area contributed by atoms with Crippen molar-refractivity contribution >= 4 is 17.7 Å². The zero-order valence-electron chi connectivity index (χ0n) is 12.9. The molecule has 0 saturated heterocycles. The van der Waals surface area contributed by atoms with Gasteiger partial charge in [0.1, 0.15) is 6.04 Å². The number of hydrogen-bond acceptors (Lipinski definition) is 4. The third kappa shape index (κ3) is 4.25. The largest absolute Gasteiger partial charge is 0.368 e. The Morgan fingerprint density at radius 3 is 2.68 bits per heavy atom. The fourth-order valence-corrected chi connectivity index (χ4v) is 4.22. The normalized spacial score (nSPS) is 22.7. The maximum atomic E-state index is 11.9. The molecule has 1 aliphatic rings. The van der Waals surface area contributed by atoms with Gasteiger partial charge in [0.05, 0.1) is 11.6 Å². The van der Waals surface area contributed by atoms with Crippen molar-refractivity contribution in [2.45, 2.75) is 49.9 Å². The van der Waals surface area contributed by atoms with Crippen molar-refractivity contribution < 1.29 is 4.79 Å². The van der Waals surface area contributed by atoms with Gasteiger partial charge < -0.3 is 5.73 Å². The summed E-state index contributed by atoms with van der Waals surface area (Å²) in [6.45, 7) is 2.17. The zero-order chi connectivity index (χ0) is 15.9. The van der Waals surface area contributed by atoms with Crippen molar-refractivity contribution in [1.82, 2.24) is 5.32 Å². The Balaban J connectivity index is 2.13. The summed E-state index contributed by atoms with van der Waals surface area (Å²) in [6.07, 6.45) is 4.72. The first kappa shape index (κ1) is 16.9. The molecule has 22 heavy (non-hydrogen) atoms. The summed E-state index contributed by atoms with van der Waals surface area (Å²) in [7, 11) is 0. The second kappa shape index (κ2) is 8.21. The number of nitrogens with zero attached hydrogens (tertiary/aromatic N) is 1. The lowest BCUT2D eigenvalue weighted by atomic mass is 9.93. The third-order valence-electron chi connectivity index (χ3n) is 4.12. The van der Waals surface area contributed by atoms with Crippen LogP contribution in [0.2, 0.25) is 0 Å². The first-order valence-corrected chi connectivity index (χ1v) is 8.87. The molecule has 1 saturated carbocycles. The summed E-state index contributed by atoms with van der Waals surface area (Å²) in [5, 5.41) is 12.9. The molecule has 4 nitrogen and oxygen atoms in total. The number of benzene rings is 1. The van der Waals surface area contributed by atoms with Crippen molar-refractivity contribution in [3.8, 4) is 6.07 Å². The highest BCUT2D eigenvalue weighted by Crippen LogP contribution is 2.30. The number of carbonyl (C=O) groups excluding carboxylic acids is 1. The molecule has 3 N–H and O–H groups in total. The van der Waals surface area contributed by atoms with Gasteiger partial charge >= 0.3 is 0 Å². The fourth-order valence-electron chi connectivity index (χ4n) is 3.01. The van der Waals surface area contributed by atoms with E-state index in [1.165, 1.54) is 19.3 Å². The number of nitrogens with two attached hydrogens (primary N) is 1. The van der Waals surface area contributed by atoms with Gasteiger partial charge in [-0.15, -0.1) is 0 Å². The monoisotopic (exact) mass is 317 g/mol. The van der Waals surface area contributed by atoms with E-state index in [0.717, 1.165) is 17.7 Å². The van der Waals surface area contributed by atoms with Gasteiger partial charge in [-0.3, -0.25) is 10.1 Å². The Morgan fingerprint density at radius 1 is 1.41 bits per heavy atom. The average Bonchev–Trinajstić information content (AvgIpc) is 2.54. The lowest BCUT2D eigenvalue weighted by Crippen LogP contribution is -2.46. The predicted octanol–water partition coefficient (Wildman–Crippen LogP) is 2.74. The van der Waals surface area contributed by atoms with Gasteiger partial charge in [0.25, 0.3) is 0 Å². The van der Waals surface area contributed by atoms with Crippen LogP contribution >= 0.6 is 11.8 Å². The lowest BCUT2D eigenvalue weighted by Gasteiger charge is -2.34. The number of thioether (sulfide) groups is 1. The summed E-state index contributed by atoms with van der Waals surface area (Å²) in [5.41, 5.74) is 7.02. The SMILES string of the molecule is CCS[C@@H]1CCCC[C@@H]1N[C@H](C(N)=O)c1ccc(C#N)cc1. The van der Waals surface area contributed by atoms with E-state index >= 15 is 0 Å². The summed E-state index contributed by atoms with van der Waals surface area (Å²) >= 11 is 1.96. The maximum absolute atomic E-state index is 11.9. The van der Waals surface area contributed by atoms with E-state index in [1.807, 2.05) is 23.9 Å². The van der Waals surface area contributed by atoms with Crippen LogP contribution in [0.15, 0.2) is 24.3 Å². The smallest absolute Gasteiger partial charge is 0.239 e. The number of primary amides is 1. The van der Waals surface area contributed by atoms with Crippen LogP contribution in [0.5, 0.6) is 0 Å². The Hall–Kier alpha value is -1.51. The zero-order valence-corrected chi connectivity index (χ0v) is 13.7. The van der Waals surface area contributed by atoms with Crippen LogP contribution in [0.1, 0.15) is 49.8 Å². The minimum atomic E-state index is -0.490. The quantitative estimate of drug-likeness (QED) is 0.845. The highest BCUT2D eigenvalue weighted by atomic mass is 32.2. The first-order valence-electron chi connectivity index (χ1n) is 7.82. The number of nitrogens with one attached hydrogen (secondary N) is 1. The molecule has 1 amide bonds. The Kier molecular flexibility index (Phi) is 6.29. The summed E-state index contributed by atoms with van der Waals surface area (Å²) in [5.74, 6) is 0.719. The molecule has 5 heteroatoms. The second-order valence-corrected chi connectivity index (χ2v) is 7.14. The van der Waals surface area contributed by atoms with Crippen LogP contribution in [0, 0.1) is 11.3 Å². The summed E-state index contributed by atoms with van der Waals surface area (Å²) in [4.78, 5) is 11.9. The van der Waals surface area contributed by atoms with Crippen LogP contribution in [0.25, 0.3) is 0 Å². The molecule has 0 radical (unpaired) electrons. The highest BCUT2D eigenvalue weighted by Gasteiger charge is 2.29. The van der Waals surface area contributed by atoms with Gasteiger partial charge in [-0.05, 0) is 36.3 Å². The van der Waals surface area contributed by atoms with Crippen LogP contribution in [0.4, 0.5) is 0 Å². The maximum Gasteiger partial charge on any atom is 0.239 e. The number of hydrogen-bond donors (Lipinski definition) is 2. The molecule has 0 bridgehead atoms. The number of carbonyl (C=O) groups is 1. The number of rotatable bonds is 6. The van der Waals surface area contributed by atoms with E-state index in [2.05, 4.69) is 18.3 Å². The highest BCUT2D eigenvalue weighted by molar-refractivity contribution is 7.99. The fraction of sp³-hybridized carbons (Fsp3) is 0.529. The first-order chi connectivity index (χ1) is 10.7. The average molecular weight is 317 g/mol. The molecule has 3 atom stereocenters. The molecule has 0 aromatic heterocycles. The Morgan fingerprint density at radius 2 is 2.09 bits per heavy atom. The summed E-state index contributed by atoms with van der Waals surface area (Å²) < 4.78 is 0. The molecule has 1 aliphatic carbocycles. The van der Waals surface area contributed by atoms with Crippen LogP contribution in [0.3, 0.4) is 0 Å². The standard InChI is InChI=1S/C17H23N3OS/c1-2-22-15-6-4-3-5-14(15)20-16(17(19)21)13-9-7-12(11-18)8-10-13/h7-10,14-16,20H,2-6H2,1H3,(H2,19,21)/t14-,15+,16-/m0/s1. The van der Waals surface area contributed by atoms with E-state index in [1.54, 1.807) is 12.1 Å². The van der Waals surface area contributed by atoms with Crippen molar-refractivity contribution in [2.24, 2.45) is 5.73 Å². The van der Waals surface area contributed by atoms with Crippen molar-refractivity contribution in [3.05, 3.63) is 35.4 Å². The molecule has 0 unspecified atom stereocenters. The Labute approximate surface area is 136 Å². The Bertz CT molecular complexity index is 536. The van der Waals surface area contributed by atoms with E-state index < -0.39 is 6.04 Å². The molecule has 0 heterocycles. The van der Waals surface area contributed by atoms with E-state index in [0.29, 0.717) is 16.9 Å². The van der Waals surface area contributed by atoms with Gasteiger partial charge in [0.2, 0.25) is 5.91 Å². The lowest BCUT2D eigenvalue weighted by molar-refractivity contribution is -0.120. The number of nitriles is 1. The molecule has 1 aromatic rings. The van der Waals surface area contributed by atoms with Gasteiger partial charge in [-0.1, -0.05) is 31.9 Å². The minimum absolute atomic E-state index is 0.312. The number of amides is 1. The van der Waals surface area contributed by atoms with Gasteiger partial charge in [-0.25, -0.2) is 0 Å². The topological polar surface area (TPSA) is 78.9 Å². The minimum Gasteiger partial charge on any atom is -0.368 e. The molecule has 1 aromatic carbocycles. The van der Waals surface area contributed by atoms with Gasteiger partial charge in [0.15, 0.2) is 0 Å². The van der Waals surface area contributed by atoms with Crippen molar-refractivity contribution in [2.75, 3.05) is 5.75 Å². The summed E-state index contributed by atoms with van der Waals surface area (Å²) in [6, 6.07) is 8.99. The van der Waals surface area contributed by atoms with Crippen molar-refractivity contribution in [1.29, 1.82) is 5.26 Å². The molecule has 0 spiro atoms. The van der Waals surface area contributed by atoms with Crippen molar-refractivity contribution in [3.63, 3.8) is 0 Å². The van der Waals surface area contributed by atoms with E-state index in [9.17, 15) is 4.79 Å². The molecule has 1 fully saturated rings. The third-order valence-corrected chi connectivity index (χ3v) is 5.45. The van der Waals surface area contributed by atoms with Gasteiger partial charge in [0, 0.05) is 11.3 Å². The molecular formula is C17H23N3OS. The van der Waals surface area contributed by atoms with E-state index in [-0.39, 0.29) is 5.91 Å². The van der Waals surface area contributed by atoms with Crippen LogP contribution < -0.4 is 11.1 Å². The molecule has 0 aliphatic heterocycles.